The summed E-state index contributed by atoms with van der Waals surface area (Å²) in [6.07, 6.45) is 2.89. The first-order valence-electron chi connectivity index (χ1n) is 5.69. The van der Waals surface area contributed by atoms with Gasteiger partial charge >= 0.3 is 6.61 Å². The first-order valence-corrected chi connectivity index (χ1v) is 5.69. The summed E-state index contributed by atoms with van der Waals surface area (Å²) in [5.74, 6) is -0.256. The lowest BCUT2D eigenvalue weighted by molar-refractivity contribution is -0.0501. The molecule has 4 nitrogen and oxygen atoms in total. The monoisotopic (exact) mass is 279 g/mol. The molecule has 0 fully saturated rings. The van der Waals surface area contributed by atoms with Crippen molar-refractivity contribution in [1.82, 2.24) is 4.98 Å². The van der Waals surface area contributed by atoms with Crippen molar-refractivity contribution in [2.45, 2.75) is 6.61 Å². The van der Waals surface area contributed by atoms with E-state index in [9.17, 15) is 13.6 Å². The van der Waals surface area contributed by atoms with Crippen molar-refractivity contribution in [1.29, 1.82) is 0 Å². The molecule has 0 saturated heterocycles. The molecule has 0 bridgehead atoms. The summed E-state index contributed by atoms with van der Waals surface area (Å²) in [4.78, 5) is 16.1. The maximum Gasteiger partial charge on any atom is 0.387 e. The first-order chi connectivity index (χ1) is 9.61. The fourth-order valence-electron chi connectivity index (χ4n) is 1.67. The van der Waals surface area contributed by atoms with Gasteiger partial charge in [0.05, 0.1) is 12.7 Å². The number of carbonyl (C=O) groups excluding carboxylic acids is 1. The van der Waals surface area contributed by atoms with E-state index in [1.165, 1.54) is 49.8 Å². The number of hydrogen-bond acceptors (Lipinski definition) is 4. The van der Waals surface area contributed by atoms with Gasteiger partial charge < -0.3 is 9.47 Å². The Labute approximate surface area is 114 Å². The highest BCUT2D eigenvalue weighted by atomic mass is 19.3. The number of nitrogens with zero attached hydrogens (tertiary/aromatic N) is 1. The SMILES string of the molecule is COc1ccc(OC(F)F)c(C(=O)c2ccncc2)c1. The molecule has 104 valence electrons. The number of alkyl halides is 2. The summed E-state index contributed by atoms with van der Waals surface area (Å²) in [7, 11) is 1.42. The molecular formula is C14H11F2NO3. The number of rotatable bonds is 5. The molecular weight excluding hydrogens is 268 g/mol. The Morgan fingerprint density at radius 1 is 1.20 bits per heavy atom. The second-order valence-electron chi connectivity index (χ2n) is 3.81. The summed E-state index contributed by atoms with van der Waals surface area (Å²) in [6.45, 7) is -3.01. The van der Waals surface area contributed by atoms with Gasteiger partial charge in [-0.2, -0.15) is 8.78 Å². The maximum absolute atomic E-state index is 12.4. The van der Waals surface area contributed by atoms with Crippen molar-refractivity contribution in [3.63, 3.8) is 0 Å². The first kappa shape index (κ1) is 13.9. The Morgan fingerprint density at radius 2 is 1.90 bits per heavy atom. The minimum absolute atomic E-state index is 0.0100. The van der Waals surface area contributed by atoms with Crippen LogP contribution in [0.2, 0.25) is 0 Å². The van der Waals surface area contributed by atoms with Crippen LogP contribution in [-0.2, 0) is 0 Å². The van der Waals surface area contributed by atoms with Gasteiger partial charge in [-0.25, -0.2) is 0 Å². The highest BCUT2D eigenvalue weighted by Crippen LogP contribution is 2.27. The van der Waals surface area contributed by atoms with Crippen LogP contribution in [0.1, 0.15) is 15.9 Å². The van der Waals surface area contributed by atoms with Crippen LogP contribution < -0.4 is 9.47 Å². The summed E-state index contributed by atoms with van der Waals surface area (Å²) >= 11 is 0. The van der Waals surface area contributed by atoms with E-state index < -0.39 is 12.4 Å². The summed E-state index contributed by atoms with van der Waals surface area (Å²) in [5.41, 5.74) is 0.336. The fourth-order valence-corrected chi connectivity index (χ4v) is 1.67. The predicted octanol–water partition coefficient (Wildman–Crippen LogP) is 2.92. The number of benzene rings is 1. The van der Waals surface area contributed by atoms with Gasteiger partial charge in [0.2, 0.25) is 0 Å². The minimum Gasteiger partial charge on any atom is -0.497 e. The van der Waals surface area contributed by atoms with E-state index in [1.54, 1.807) is 0 Å². The number of methoxy groups -OCH3 is 1. The third kappa shape index (κ3) is 3.09. The van der Waals surface area contributed by atoms with Gasteiger partial charge in [-0.3, -0.25) is 9.78 Å². The van der Waals surface area contributed by atoms with Crippen LogP contribution in [0, 0.1) is 0 Å². The Balaban J connectivity index is 2.44. The van der Waals surface area contributed by atoms with E-state index in [0.717, 1.165) is 0 Å². The smallest absolute Gasteiger partial charge is 0.387 e. The number of aromatic nitrogens is 1. The summed E-state index contributed by atoms with van der Waals surface area (Å²) in [6, 6.07) is 7.07. The highest BCUT2D eigenvalue weighted by Gasteiger charge is 2.18. The second kappa shape index (κ2) is 6.10. The van der Waals surface area contributed by atoms with Crippen LogP contribution in [0.5, 0.6) is 11.5 Å². The van der Waals surface area contributed by atoms with Gasteiger partial charge in [-0.1, -0.05) is 0 Å². The Bertz CT molecular complexity index is 603. The number of ketones is 1. The van der Waals surface area contributed by atoms with Crippen molar-refractivity contribution < 1.29 is 23.0 Å². The van der Waals surface area contributed by atoms with Crippen LogP contribution in [0.4, 0.5) is 8.78 Å². The van der Waals surface area contributed by atoms with Gasteiger partial charge in [0.1, 0.15) is 11.5 Å². The van der Waals surface area contributed by atoms with E-state index in [4.69, 9.17) is 4.74 Å². The topological polar surface area (TPSA) is 48.4 Å². The molecule has 0 radical (unpaired) electrons. The standard InChI is InChI=1S/C14H11F2NO3/c1-19-10-2-3-12(20-14(15)16)11(8-10)13(18)9-4-6-17-7-5-9/h2-8,14H,1H3. The molecule has 0 aliphatic rings. The molecule has 6 heteroatoms. The van der Waals surface area contributed by atoms with E-state index in [-0.39, 0.29) is 11.3 Å². The number of halogens is 2. The van der Waals surface area contributed by atoms with E-state index in [0.29, 0.717) is 11.3 Å². The molecule has 0 aliphatic carbocycles. The fraction of sp³-hybridized carbons (Fsp3) is 0.143. The normalized spacial score (nSPS) is 10.4. The van der Waals surface area contributed by atoms with Crippen LogP contribution >= 0.6 is 0 Å². The molecule has 0 N–H and O–H groups in total. The molecule has 2 rings (SSSR count). The van der Waals surface area contributed by atoms with Gasteiger partial charge in [-0.15, -0.1) is 0 Å². The molecule has 1 aromatic heterocycles. The average molecular weight is 279 g/mol. The van der Waals surface area contributed by atoms with Crippen LogP contribution in [-0.4, -0.2) is 24.5 Å². The van der Waals surface area contributed by atoms with Crippen LogP contribution in [0.15, 0.2) is 42.7 Å². The molecule has 2 aromatic rings. The lowest BCUT2D eigenvalue weighted by atomic mass is 10.0. The maximum atomic E-state index is 12.4. The lowest BCUT2D eigenvalue weighted by Gasteiger charge is -2.11. The van der Waals surface area contributed by atoms with E-state index in [2.05, 4.69) is 9.72 Å². The number of pyridine rings is 1. The van der Waals surface area contributed by atoms with Gasteiger partial charge in [0.15, 0.2) is 5.78 Å². The van der Waals surface area contributed by atoms with E-state index in [1.807, 2.05) is 0 Å². The number of ether oxygens (including phenoxy) is 2. The van der Waals surface area contributed by atoms with Crippen molar-refractivity contribution in [3.8, 4) is 11.5 Å². The van der Waals surface area contributed by atoms with Gasteiger partial charge in [0, 0.05) is 18.0 Å². The number of carbonyl (C=O) groups is 1. The van der Waals surface area contributed by atoms with Crippen LogP contribution in [0.3, 0.4) is 0 Å². The lowest BCUT2D eigenvalue weighted by Crippen LogP contribution is -2.09. The molecule has 1 heterocycles. The minimum atomic E-state index is -3.01. The molecule has 1 aromatic carbocycles. The van der Waals surface area contributed by atoms with Crippen molar-refractivity contribution in [2.24, 2.45) is 0 Å². The Hall–Kier alpha value is -2.50. The summed E-state index contributed by atoms with van der Waals surface area (Å²) < 4.78 is 34.1. The zero-order valence-corrected chi connectivity index (χ0v) is 10.5. The third-order valence-corrected chi connectivity index (χ3v) is 2.59. The third-order valence-electron chi connectivity index (χ3n) is 2.59. The van der Waals surface area contributed by atoms with Gasteiger partial charge in [0.25, 0.3) is 0 Å². The Kier molecular flexibility index (Phi) is 4.24. The molecule has 20 heavy (non-hydrogen) atoms. The molecule has 0 saturated carbocycles. The van der Waals surface area contributed by atoms with E-state index >= 15 is 0 Å². The molecule has 0 atom stereocenters. The number of hydrogen-bond donors (Lipinski definition) is 0. The Morgan fingerprint density at radius 3 is 2.50 bits per heavy atom. The zero-order chi connectivity index (χ0) is 14.5. The quantitative estimate of drug-likeness (QED) is 0.790. The molecule has 0 unspecified atom stereocenters. The summed E-state index contributed by atoms with van der Waals surface area (Å²) in [5, 5.41) is 0. The second-order valence-corrected chi connectivity index (χ2v) is 3.81. The largest absolute Gasteiger partial charge is 0.497 e. The predicted molar refractivity (Wildman–Crippen MR) is 67.3 cm³/mol. The highest BCUT2D eigenvalue weighted by molar-refractivity contribution is 6.10. The molecule has 0 spiro atoms. The molecule has 0 amide bonds. The van der Waals surface area contributed by atoms with Crippen molar-refractivity contribution in [3.05, 3.63) is 53.9 Å². The van der Waals surface area contributed by atoms with Gasteiger partial charge in [-0.05, 0) is 30.3 Å². The van der Waals surface area contributed by atoms with Crippen LogP contribution in [0.25, 0.3) is 0 Å². The zero-order valence-electron chi connectivity index (χ0n) is 10.5. The van der Waals surface area contributed by atoms with Crippen molar-refractivity contribution >= 4 is 5.78 Å². The average Bonchev–Trinajstić information content (AvgIpc) is 2.47. The van der Waals surface area contributed by atoms with Crippen molar-refractivity contribution in [2.75, 3.05) is 7.11 Å². The molecule has 0 aliphatic heterocycles.